The van der Waals surface area contributed by atoms with Gasteiger partial charge in [-0.05, 0) is 56.0 Å². The molecule has 2 aromatic heterocycles. The number of thiophene rings is 1. The second-order valence-electron chi connectivity index (χ2n) is 8.89. The van der Waals surface area contributed by atoms with Crippen LogP contribution in [0.1, 0.15) is 40.9 Å². The molecule has 4 rings (SSSR count). The zero-order valence-corrected chi connectivity index (χ0v) is 22.4. The molecule has 2 aliphatic heterocycles. The first-order chi connectivity index (χ1) is 17.7. The minimum atomic E-state index is -3.87. The van der Waals surface area contributed by atoms with Crippen molar-refractivity contribution >= 4 is 56.8 Å². The van der Waals surface area contributed by atoms with E-state index in [-0.39, 0.29) is 24.4 Å². The Kier molecular flexibility index (Phi) is 8.95. The summed E-state index contributed by atoms with van der Waals surface area (Å²) in [6.45, 7) is 1.11. The first kappa shape index (κ1) is 27.2. The molecule has 0 aromatic carbocycles. The standard InChI is InChI=1S/C24H28ClN5O5S2/c25-21-6-5-19(36-21)9-14-37(34,35)28-20-4-2-12-29(24(20)33)16-22(31)30-13-1-3-18(30)15-27-23(32)17-7-10-26-11-8-17/h5-11,14,18,20,28H,1-4,12-13,15-16H2,(H,27,32)/t18-,20-/m0/s1. The van der Waals surface area contributed by atoms with E-state index in [4.69, 9.17) is 11.6 Å². The van der Waals surface area contributed by atoms with Crippen LogP contribution in [0.3, 0.4) is 0 Å². The number of likely N-dealkylation sites (tertiary alicyclic amines) is 2. The summed E-state index contributed by atoms with van der Waals surface area (Å²) in [5, 5.41) is 3.88. The molecule has 10 nitrogen and oxygen atoms in total. The summed E-state index contributed by atoms with van der Waals surface area (Å²) >= 11 is 7.11. The molecule has 2 saturated heterocycles. The molecule has 37 heavy (non-hydrogen) atoms. The van der Waals surface area contributed by atoms with Gasteiger partial charge in [0.15, 0.2) is 0 Å². The molecule has 2 fully saturated rings. The van der Waals surface area contributed by atoms with E-state index in [9.17, 15) is 22.8 Å². The molecule has 2 N–H and O–H groups in total. The van der Waals surface area contributed by atoms with E-state index >= 15 is 0 Å². The van der Waals surface area contributed by atoms with Gasteiger partial charge < -0.3 is 15.1 Å². The number of carbonyl (C=O) groups excluding carboxylic acids is 3. The van der Waals surface area contributed by atoms with Crippen LogP contribution in [-0.2, 0) is 19.6 Å². The Morgan fingerprint density at radius 1 is 1.14 bits per heavy atom. The van der Waals surface area contributed by atoms with E-state index in [0.29, 0.717) is 47.3 Å². The second kappa shape index (κ2) is 12.2. The van der Waals surface area contributed by atoms with Crippen LogP contribution in [-0.4, -0.2) is 79.2 Å². The largest absolute Gasteiger partial charge is 0.350 e. The number of hydrogen-bond acceptors (Lipinski definition) is 7. The maximum atomic E-state index is 13.1. The summed E-state index contributed by atoms with van der Waals surface area (Å²) in [5.41, 5.74) is 0.493. The van der Waals surface area contributed by atoms with Gasteiger partial charge in [-0.2, -0.15) is 4.72 Å². The van der Waals surface area contributed by atoms with E-state index in [0.717, 1.165) is 18.2 Å². The van der Waals surface area contributed by atoms with Crippen LogP contribution in [0.25, 0.3) is 6.08 Å². The fourth-order valence-corrected chi connectivity index (χ4v) is 6.53. The highest BCUT2D eigenvalue weighted by Crippen LogP contribution is 2.23. The number of amides is 3. The van der Waals surface area contributed by atoms with Crippen molar-refractivity contribution in [3.63, 3.8) is 0 Å². The molecule has 4 heterocycles. The maximum Gasteiger partial charge on any atom is 0.251 e. The highest BCUT2D eigenvalue weighted by Gasteiger charge is 2.35. The van der Waals surface area contributed by atoms with Crippen molar-refractivity contribution in [3.8, 4) is 0 Å². The van der Waals surface area contributed by atoms with Crippen molar-refractivity contribution in [1.82, 2.24) is 24.8 Å². The van der Waals surface area contributed by atoms with E-state index in [1.54, 1.807) is 41.6 Å². The third-order valence-corrected chi connectivity index (χ3v) is 8.61. The minimum Gasteiger partial charge on any atom is -0.350 e. The summed E-state index contributed by atoms with van der Waals surface area (Å²) < 4.78 is 28.0. The molecule has 0 saturated carbocycles. The third kappa shape index (κ3) is 7.37. The Labute approximate surface area is 224 Å². The van der Waals surface area contributed by atoms with Gasteiger partial charge in [0.2, 0.25) is 21.8 Å². The molecule has 0 radical (unpaired) electrons. The van der Waals surface area contributed by atoms with E-state index < -0.39 is 22.0 Å². The summed E-state index contributed by atoms with van der Waals surface area (Å²) in [6, 6.07) is 5.51. The smallest absolute Gasteiger partial charge is 0.251 e. The molecule has 13 heteroatoms. The van der Waals surface area contributed by atoms with Gasteiger partial charge in [-0.1, -0.05) is 11.6 Å². The van der Waals surface area contributed by atoms with E-state index in [1.807, 2.05) is 0 Å². The monoisotopic (exact) mass is 565 g/mol. The maximum absolute atomic E-state index is 13.1. The van der Waals surface area contributed by atoms with Crippen LogP contribution in [0.15, 0.2) is 42.1 Å². The Bertz CT molecular complexity index is 1270. The van der Waals surface area contributed by atoms with Gasteiger partial charge in [-0.3, -0.25) is 19.4 Å². The number of rotatable bonds is 9. The second-order valence-corrected chi connectivity index (χ2v) is 12.2. The number of halogens is 1. The SMILES string of the molecule is O=C(NC[C@@H]1CCCN1C(=O)CN1CCC[C@H](NS(=O)(=O)C=Cc2ccc(Cl)s2)C1=O)c1ccncc1. The molecular weight excluding hydrogens is 538 g/mol. The van der Waals surface area contributed by atoms with Gasteiger partial charge in [-0.25, -0.2) is 8.42 Å². The number of piperidine rings is 1. The van der Waals surface area contributed by atoms with Gasteiger partial charge in [0, 0.05) is 53.9 Å². The van der Waals surface area contributed by atoms with Gasteiger partial charge in [0.25, 0.3) is 5.91 Å². The lowest BCUT2D eigenvalue weighted by molar-refractivity contribution is -0.143. The van der Waals surface area contributed by atoms with Crippen LogP contribution in [0.4, 0.5) is 0 Å². The normalized spacial score (nSPS) is 20.5. The molecule has 0 aliphatic carbocycles. The summed E-state index contributed by atoms with van der Waals surface area (Å²) in [6.07, 6.45) is 6.99. The van der Waals surface area contributed by atoms with Gasteiger partial charge in [0.05, 0.1) is 10.9 Å². The lowest BCUT2D eigenvalue weighted by Gasteiger charge is -2.34. The summed E-state index contributed by atoms with van der Waals surface area (Å²) in [7, 11) is -3.87. The molecule has 2 aromatic rings. The van der Waals surface area contributed by atoms with Gasteiger partial charge in [0.1, 0.15) is 6.04 Å². The first-order valence-electron chi connectivity index (χ1n) is 11.9. The van der Waals surface area contributed by atoms with Crippen molar-refractivity contribution in [2.24, 2.45) is 0 Å². The number of aromatic nitrogens is 1. The van der Waals surface area contributed by atoms with Crippen molar-refractivity contribution in [2.75, 3.05) is 26.2 Å². The van der Waals surface area contributed by atoms with Crippen LogP contribution in [0.5, 0.6) is 0 Å². The molecule has 0 bridgehead atoms. The van der Waals surface area contributed by atoms with Crippen molar-refractivity contribution in [3.05, 3.63) is 56.8 Å². The Morgan fingerprint density at radius 2 is 1.89 bits per heavy atom. The van der Waals surface area contributed by atoms with Gasteiger partial charge >= 0.3 is 0 Å². The molecular formula is C24H28ClN5O5S2. The lowest BCUT2D eigenvalue weighted by Crippen LogP contribution is -2.55. The van der Waals surface area contributed by atoms with Crippen molar-refractivity contribution in [1.29, 1.82) is 0 Å². The van der Waals surface area contributed by atoms with Crippen LogP contribution >= 0.6 is 22.9 Å². The van der Waals surface area contributed by atoms with Gasteiger partial charge in [-0.15, -0.1) is 11.3 Å². The predicted octanol–water partition coefficient (Wildman–Crippen LogP) is 2.10. The molecule has 198 valence electrons. The average molecular weight is 566 g/mol. The average Bonchev–Trinajstić information content (AvgIpc) is 3.53. The molecule has 0 unspecified atom stereocenters. The molecule has 0 spiro atoms. The fourth-order valence-electron chi connectivity index (χ4n) is 4.46. The highest BCUT2D eigenvalue weighted by molar-refractivity contribution is 7.92. The number of nitrogens with zero attached hydrogens (tertiary/aromatic N) is 3. The highest BCUT2D eigenvalue weighted by atomic mass is 35.5. The Balaban J connectivity index is 1.31. The Morgan fingerprint density at radius 3 is 2.62 bits per heavy atom. The zero-order chi connectivity index (χ0) is 26.4. The van der Waals surface area contributed by atoms with Crippen molar-refractivity contribution < 1.29 is 22.8 Å². The van der Waals surface area contributed by atoms with Crippen LogP contribution in [0.2, 0.25) is 4.34 Å². The molecule has 3 amide bonds. The molecule has 2 aliphatic rings. The molecule has 2 atom stereocenters. The minimum absolute atomic E-state index is 0.130. The fraction of sp³-hybridized carbons (Fsp3) is 0.417. The first-order valence-corrected chi connectivity index (χ1v) is 14.7. The number of sulfonamides is 1. The Hall–Kier alpha value is -2.80. The van der Waals surface area contributed by atoms with Crippen LogP contribution in [0, 0.1) is 0 Å². The lowest BCUT2D eigenvalue weighted by atomic mass is 10.1. The summed E-state index contributed by atoms with van der Waals surface area (Å²) in [5.74, 6) is -0.872. The predicted molar refractivity (Wildman–Crippen MR) is 141 cm³/mol. The zero-order valence-electron chi connectivity index (χ0n) is 20.0. The number of pyridine rings is 1. The van der Waals surface area contributed by atoms with E-state index in [2.05, 4.69) is 15.0 Å². The quantitative estimate of drug-likeness (QED) is 0.479. The number of nitrogens with one attached hydrogen (secondary N) is 2. The van der Waals surface area contributed by atoms with Crippen molar-refractivity contribution in [2.45, 2.75) is 37.8 Å². The van der Waals surface area contributed by atoms with E-state index in [1.165, 1.54) is 22.3 Å². The topological polar surface area (TPSA) is 129 Å². The third-order valence-electron chi connectivity index (χ3n) is 6.31. The number of carbonyl (C=O) groups is 3. The number of hydrogen-bond donors (Lipinski definition) is 2. The summed E-state index contributed by atoms with van der Waals surface area (Å²) in [4.78, 5) is 46.1. The van der Waals surface area contributed by atoms with Crippen LogP contribution < -0.4 is 10.0 Å².